The molecule has 0 aromatic heterocycles. The van der Waals surface area contributed by atoms with Gasteiger partial charge in [-0.1, -0.05) is 29.3 Å². The summed E-state index contributed by atoms with van der Waals surface area (Å²) >= 11 is 11.9. The lowest BCUT2D eigenvalue weighted by Gasteiger charge is -2.33. The van der Waals surface area contributed by atoms with Crippen LogP contribution in [0, 0.1) is 0 Å². The monoisotopic (exact) mass is 317 g/mol. The van der Waals surface area contributed by atoms with Crippen LogP contribution in [-0.2, 0) is 11.3 Å². The van der Waals surface area contributed by atoms with E-state index in [0.29, 0.717) is 23.2 Å². The fourth-order valence-electron chi connectivity index (χ4n) is 2.14. The van der Waals surface area contributed by atoms with Crippen molar-refractivity contribution in [1.82, 2.24) is 10.2 Å². The molecule has 0 saturated carbocycles. The minimum Gasteiger partial charge on any atom is -0.530 e. The van der Waals surface area contributed by atoms with Gasteiger partial charge < -0.3 is 20.0 Å². The number of nitrogens with one attached hydrogen (secondary N) is 1. The van der Waals surface area contributed by atoms with Crippen molar-refractivity contribution in [3.05, 3.63) is 33.8 Å². The van der Waals surface area contributed by atoms with E-state index in [1.807, 2.05) is 12.1 Å². The minimum absolute atomic E-state index is 0.163. The van der Waals surface area contributed by atoms with Gasteiger partial charge in [0.15, 0.2) is 0 Å². The molecule has 0 aliphatic carbocycles. The highest BCUT2D eigenvalue weighted by Crippen LogP contribution is 2.23. The second kappa shape index (κ2) is 7.13. The first-order chi connectivity index (χ1) is 9.54. The van der Waals surface area contributed by atoms with Gasteiger partial charge in [0.25, 0.3) is 0 Å². The Kier molecular flexibility index (Phi) is 5.48. The summed E-state index contributed by atoms with van der Waals surface area (Å²) in [4.78, 5) is 12.6. The number of carboxylic acid groups (broad SMARTS) is 1. The molecule has 0 spiro atoms. The average molecular weight is 318 g/mol. The van der Waals surface area contributed by atoms with Crippen LogP contribution in [0.5, 0.6) is 0 Å². The van der Waals surface area contributed by atoms with E-state index in [-0.39, 0.29) is 12.6 Å². The molecule has 1 aromatic rings. The maximum Gasteiger partial charge on any atom is 0.134 e. The molecule has 20 heavy (non-hydrogen) atoms. The molecule has 1 saturated heterocycles. The van der Waals surface area contributed by atoms with Crippen molar-refractivity contribution >= 4 is 29.3 Å². The van der Waals surface area contributed by atoms with E-state index in [0.717, 1.165) is 18.7 Å². The molecule has 1 unspecified atom stereocenters. The Morgan fingerprint density at radius 3 is 2.95 bits per heavy atom. The van der Waals surface area contributed by atoms with Gasteiger partial charge in [0.1, 0.15) is 6.09 Å². The van der Waals surface area contributed by atoms with Crippen LogP contribution in [0.4, 0.5) is 4.79 Å². The zero-order chi connectivity index (χ0) is 14.5. The normalized spacial score (nSPS) is 19.8. The Bertz CT molecular complexity index is 485. The van der Waals surface area contributed by atoms with Gasteiger partial charge in [-0.3, -0.25) is 4.90 Å². The zero-order valence-electron chi connectivity index (χ0n) is 10.8. The second-order valence-electron chi connectivity index (χ2n) is 4.64. The SMILES string of the molecule is O=C([O-])NCC1CN(Cc2ccc(Cl)c(Cl)c2)CCO1. The van der Waals surface area contributed by atoms with Crippen molar-refractivity contribution in [3.8, 4) is 0 Å². The number of morpholine rings is 1. The summed E-state index contributed by atoms with van der Waals surface area (Å²) in [5, 5.41) is 13.7. The molecule has 0 bridgehead atoms. The van der Waals surface area contributed by atoms with Crippen molar-refractivity contribution in [1.29, 1.82) is 0 Å². The maximum atomic E-state index is 10.4. The molecule has 1 amide bonds. The van der Waals surface area contributed by atoms with Crippen LogP contribution in [0.15, 0.2) is 18.2 Å². The molecule has 1 aliphatic heterocycles. The first-order valence-corrected chi connectivity index (χ1v) is 7.03. The third kappa shape index (κ3) is 4.52. The first-order valence-electron chi connectivity index (χ1n) is 6.27. The van der Waals surface area contributed by atoms with Gasteiger partial charge in [0.2, 0.25) is 0 Å². The van der Waals surface area contributed by atoms with Crippen molar-refractivity contribution < 1.29 is 14.6 Å². The highest BCUT2D eigenvalue weighted by molar-refractivity contribution is 6.42. The van der Waals surface area contributed by atoms with Crippen LogP contribution >= 0.6 is 23.2 Å². The number of carbonyl (C=O) groups excluding carboxylic acids is 1. The van der Waals surface area contributed by atoms with Crippen LogP contribution in [0.1, 0.15) is 5.56 Å². The number of rotatable bonds is 4. The lowest BCUT2D eigenvalue weighted by atomic mass is 10.2. The van der Waals surface area contributed by atoms with E-state index in [1.54, 1.807) is 6.07 Å². The molecule has 7 heteroatoms. The summed E-state index contributed by atoms with van der Waals surface area (Å²) in [6, 6.07) is 5.54. The number of hydrogen-bond donors (Lipinski definition) is 1. The highest BCUT2D eigenvalue weighted by Gasteiger charge is 2.20. The minimum atomic E-state index is -1.28. The van der Waals surface area contributed by atoms with E-state index in [1.165, 1.54) is 0 Å². The van der Waals surface area contributed by atoms with E-state index < -0.39 is 6.09 Å². The fraction of sp³-hybridized carbons (Fsp3) is 0.462. The van der Waals surface area contributed by atoms with Crippen molar-refractivity contribution in [2.24, 2.45) is 0 Å². The number of carbonyl (C=O) groups is 1. The lowest BCUT2D eigenvalue weighted by Crippen LogP contribution is -2.49. The Morgan fingerprint density at radius 2 is 2.25 bits per heavy atom. The lowest BCUT2D eigenvalue weighted by molar-refractivity contribution is -0.251. The number of ether oxygens (including phenoxy) is 1. The predicted molar refractivity (Wildman–Crippen MR) is 74.9 cm³/mol. The summed E-state index contributed by atoms with van der Waals surface area (Å²) in [6.45, 7) is 2.98. The maximum absolute atomic E-state index is 10.4. The summed E-state index contributed by atoms with van der Waals surface area (Å²) < 4.78 is 5.50. The predicted octanol–water partition coefficient (Wildman–Crippen LogP) is 1.13. The van der Waals surface area contributed by atoms with Gasteiger partial charge in [-0.2, -0.15) is 0 Å². The van der Waals surface area contributed by atoms with Gasteiger partial charge in [-0.05, 0) is 17.7 Å². The van der Waals surface area contributed by atoms with E-state index >= 15 is 0 Å². The van der Waals surface area contributed by atoms with E-state index in [4.69, 9.17) is 27.9 Å². The quantitative estimate of drug-likeness (QED) is 0.904. The molecule has 1 fully saturated rings. The molecular formula is C13H15Cl2N2O3-. The summed E-state index contributed by atoms with van der Waals surface area (Å²) in [7, 11) is 0. The van der Waals surface area contributed by atoms with Gasteiger partial charge in [-0.25, -0.2) is 0 Å². The summed E-state index contributed by atoms with van der Waals surface area (Å²) in [5.74, 6) is 0. The van der Waals surface area contributed by atoms with E-state index in [2.05, 4.69) is 10.2 Å². The smallest absolute Gasteiger partial charge is 0.134 e. The third-order valence-corrected chi connectivity index (χ3v) is 3.83. The third-order valence-electron chi connectivity index (χ3n) is 3.09. The standard InChI is InChI=1S/C13H16Cl2N2O3/c14-11-2-1-9(5-12(11)15)7-17-3-4-20-10(8-17)6-16-13(18)19/h1-2,5,10,16H,3-4,6-8H2,(H,18,19)/p-1. The summed E-state index contributed by atoms with van der Waals surface area (Å²) in [6.07, 6.45) is -1.44. The van der Waals surface area contributed by atoms with Crippen LogP contribution < -0.4 is 10.4 Å². The van der Waals surface area contributed by atoms with Crippen LogP contribution in [-0.4, -0.2) is 43.3 Å². The molecular weight excluding hydrogens is 303 g/mol. The molecule has 0 radical (unpaired) electrons. The van der Waals surface area contributed by atoms with Crippen molar-refractivity contribution in [2.45, 2.75) is 12.6 Å². The molecule has 1 atom stereocenters. The van der Waals surface area contributed by atoms with Gasteiger partial charge in [0, 0.05) is 26.2 Å². The van der Waals surface area contributed by atoms with Gasteiger partial charge in [-0.15, -0.1) is 0 Å². The number of nitrogens with zero attached hydrogens (tertiary/aromatic N) is 1. The Morgan fingerprint density at radius 1 is 1.45 bits per heavy atom. The van der Waals surface area contributed by atoms with Gasteiger partial charge >= 0.3 is 0 Å². The molecule has 1 aliphatic rings. The van der Waals surface area contributed by atoms with Crippen LogP contribution in [0.3, 0.4) is 0 Å². The first kappa shape index (κ1) is 15.4. The number of hydrogen-bond acceptors (Lipinski definition) is 4. The molecule has 1 heterocycles. The van der Waals surface area contributed by atoms with Gasteiger partial charge in [0.05, 0.1) is 22.8 Å². The molecule has 1 aromatic carbocycles. The highest BCUT2D eigenvalue weighted by atomic mass is 35.5. The topological polar surface area (TPSA) is 64.6 Å². The van der Waals surface area contributed by atoms with Crippen LogP contribution in [0.2, 0.25) is 10.0 Å². The van der Waals surface area contributed by atoms with Crippen molar-refractivity contribution in [2.75, 3.05) is 26.2 Å². The number of halogens is 2. The second-order valence-corrected chi connectivity index (χ2v) is 5.46. The molecule has 5 nitrogen and oxygen atoms in total. The summed E-state index contributed by atoms with van der Waals surface area (Å²) in [5.41, 5.74) is 1.06. The van der Waals surface area contributed by atoms with Crippen molar-refractivity contribution in [3.63, 3.8) is 0 Å². The Balaban J connectivity index is 1.88. The largest absolute Gasteiger partial charge is 0.530 e. The van der Waals surface area contributed by atoms with E-state index in [9.17, 15) is 9.90 Å². The Hall–Kier alpha value is -1.01. The van der Waals surface area contributed by atoms with Crippen LogP contribution in [0.25, 0.3) is 0 Å². The molecule has 1 N–H and O–H groups in total. The fourth-order valence-corrected chi connectivity index (χ4v) is 2.46. The molecule has 2 rings (SSSR count). The Labute approximate surface area is 127 Å². The number of benzene rings is 1. The average Bonchev–Trinajstić information content (AvgIpc) is 2.41. The number of amides is 1. The molecule has 110 valence electrons. The zero-order valence-corrected chi connectivity index (χ0v) is 12.3.